The monoisotopic (exact) mass is 496 g/mol. The van der Waals surface area contributed by atoms with E-state index in [-0.39, 0.29) is 27.8 Å². The molecule has 184 valence electrons. The predicted molar refractivity (Wildman–Crippen MR) is 123 cm³/mol. The zero-order chi connectivity index (χ0) is 24.7. The minimum absolute atomic E-state index is 0.0157. The van der Waals surface area contributed by atoms with Crippen LogP contribution >= 0.6 is 0 Å². The van der Waals surface area contributed by atoms with Crippen LogP contribution in [0.25, 0.3) is 6.08 Å². The van der Waals surface area contributed by atoms with Gasteiger partial charge in [0.2, 0.25) is 15.9 Å². The van der Waals surface area contributed by atoms with Gasteiger partial charge in [-0.3, -0.25) is 4.79 Å². The van der Waals surface area contributed by atoms with Crippen molar-refractivity contribution in [3.05, 3.63) is 48.0 Å². The Labute approximate surface area is 197 Å². The van der Waals surface area contributed by atoms with Crippen molar-refractivity contribution in [3.63, 3.8) is 0 Å². The number of piperidine rings is 1. The average molecular weight is 497 g/mol. The number of methoxy groups -OCH3 is 2. The number of halogens is 2. The highest BCUT2D eigenvalue weighted by atomic mass is 32.2. The molecule has 3 rings (SSSR count). The van der Waals surface area contributed by atoms with Crippen molar-refractivity contribution < 1.29 is 36.2 Å². The number of amides is 1. The lowest BCUT2D eigenvalue weighted by atomic mass is 10.2. The van der Waals surface area contributed by atoms with Crippen LogP contribution in [0.3, 0.4) is 0 Å². The lowest BCUT2D eigenvalue weighted by molar-refractivity contribution is -0.111. The van der Waals surface area contributed by atoms with E-state index in [0.717, 1.165) is 19.3 Å². The number of anilines is 1. The van der Waals surface area contributed by atoms with Gasteiger partial charge < -0.3 is 19.5 Å². The molecule has 0 atom stereocenters. The lowest BCUT2D eigenvalue weighted by Gasteiger charge is -2.26. The quantitative estimate of drug-likeness (QED) is 0.525. The average Bonchev–Trinajstić information content (AvgIpc) is 2.83. The second-order valence-electron chi connectivity index (χ2n) is 7.44. The largest absolute Gasteiger partial charge is 0.495 e. The topological polar surface area (TPSA) is 94.2 Å². The molecule has 1 N–H and O–H groups in total. The fourth-order valence-corrected chi connectivity index (χ4v) is 5.24. The highest BCUT2D eigenvalue weighted by Gasteiger charge is 2.29. The number of ether oxygens (including phenoxy) is 3. The van der Waals surface area contributed by atoms with Gasteiger partial charge in [0.15, 0.2) is 11.5 Å². The molecule has 1 amide bonds. The standard InChI is InChI=1S/C23H26F2N2O6S/c1-31-19-10-8-17(15-21(19)34(29,30)27-12-4-3-5-13-27)26-22(28)11-7-16-6-9-18(33-23(24)25)20(14-16)32-2/h6-11,14-15,23H,3-5,12-13H2,1-2H3,(H,26,28). The van der Waals surface area contributed by atoms with Crippen LogP contribution in [0.5, 0.6) is 17.2 Å². The van der Waals surface area contributed by atoms with E-state index in [9.17, 15) is 22.0 Å². The minimum Gasteiger partial charge on any atom is -0.495 e. The summed E-state index contributed by atoms with van der Waals surface area (Å²) in [5.74, 6) is -0.360. The molecule has 0 saturated carbocycles. The highest BCUT2D eigenvalue weighted by molar-refractivity contribution is 7.89. The van der Waals surface area contributed by atoms with Crippen LogP contribution in [0.15, 0.2) is 47.4 Å². The van der Waals surface area contributed by atoms with Crippen LogP contribution in [-0.2, 0) is 14.8 Å². The molecule has 2 aromatic carbocycles. The number of hydrogen-bond donors (Lipinski definition) is 1. The molecule has 2 aromatic rings. The minimum atomic E-state index is -3.78. The van der Waals surface area contributed by atoms with E-state index in [1.165, 1.54) is 61.0 Å². The molecule has 1 saturated heterocycles. The fourth-order valence-electron chi connectivity index (χ4n) is 3.54. The van der Waals surface area contributed by atoms with Crippen LogP contribution in [-0.4, -0.2) is 52.6 Å². The van der Waals surface area contributed by atoms with Crippen molar-refractivity contribution in [2.75, 3.05) is 32.6 Å². The smallest absolute Gasteiger partial charge is 0.387 e. The summed E-state index contributed by atoms with van der Waals surface area (Å²) in [6, 6.07) is 8.64. The molecule has 0 spiro atoms. The Morgan fingerprint density at radius 2 is 1.68 bits per heavy atom. The van der Waals surface area contributed by atoms with E-state index in [1.54, 1.807) is 6.07 Å². The van der Waals surface area contributed by atoms with Crippen molar-refractivity contribution in [2.24, 2.45) is 0 Å². The Morgan fingerprint density at radius 1 is 1.00 bits per heavy atom. The normalized spacial score (nSPS) is 14.9. The zero-order valence-corrected chi connectivity index (χ0v) is 19.6. The van der Waals surface area contributed by atoms with Gasteiger partial charge in [-0.2, -0.15) is 13.1 Å². The summed E-state index contributed by atoms with van der Waals surface area (Å²) in [6.45, 7) is -2.11. The molecule has 0 unspecified atom stereocenters. The number of alkyl halides is 2. The number of rotatable bonds is 9. The second-order valence-corrected chi connectivity index (χ2v) is 9.35. The van der Waals surface area contributed by atoms with Crippen molar-refractivity contribution in [3.8, 4) is 17.2 Å². The Hall–Kier alpha value is -3.18. The van der Waals surface area contributed by atoms with Crippen molar-refractivity contribution in [1.82, 2.24) is 4.31 Å². The van der Waals surface area contributed by atoms with E-state index in [4.69, 9.17) is 9.47 Å². The second kappa shape index (κ2) is 11.3. The number of nitrogens with zero attached hydrogens (tertiary/aromatic N) is 1. The maximum Gasteiger partial charge on any atom is 0.387 e. The summed E-state index contributed by atoms with van der Waals surface area (Å²) in [5.41, 5.74) is 0.793. The number of benzene rings is 2. The van der Waals surface area contributed by atoms with Crippen LogP contribution < -0.4 is 19.5 Å². The molecule has 34 heavy (non-hydrogen) atoms. The molecule has 1 heterocycles. The molecule has 1 aliphatic rings. The van der Waals surface area contributed by atoms with Gasteiger partial charge in [0.1, 0.15) is 10.6 Å². The molecule has 11 heteroatoms. The van der Waals surface area contributed by atoms with Crippen molar-refractivity contribution >= 4 is 27.7 Å². The van der Waals surface area contributed by atoms with E-state index in [0.29, 0.717) is 18.7 Å². The van der Waals surface area contributed by atoms with Crippen LogP contribution in [0.4, 0.5) is 14.5 Å². The van der Waals surface area contributed by atoms with Gasteiger partial charge in [0.25, 0.3) is 0 Å². The van der Waals surface area contributed by atoms with Crippen molar-refractivity contribution in [1.29, 1.82) is 0 Å². The molecule has 0 radical (unpaired) electrons. The van der Waals surface area contributed by atoms with E-state index in [2.05, 4.69) is 10.1 Å². The van der Waals surface area contributed by atoms with Gasteiger partial charge in [0, 0.05) is 24.9 Å². The van der Waals surface area contributed by atoms with E-state index < -0.39 is 22.5 Å². The maximum atomic E-state index is 13.1. The Bertz CT molecular complexity index is 1150. The molecule has 0 bridgehead atoms. The number of carbonyl (C=O) groups is 1. The number of carbonyl (C=O) groups excluding carboxylic acids is 1. The zero-order valence-electron chi connectivity index (χ0n) is 18.8. The lowest BCUT2D eigenvalue weighted by Crippen LogP contribution is -2.35. The summed E-state index contributed by atoms with van der Waals surface area (Å²) in [6.07, 6.45) is 5.26. The first kappa shape index (κ1) is 25.4. The van der Waals surface area contributed by atoms with Gasteiger partial charge in [-0.15, -0.1) is 0 Å². The first-order valence-corrected chi connectivity index (χ1v) is 12.0. The van der Waals surface area contributed by atoms with Crippen LogP contribution in [0.2, 0.25) is 0 Å². The molecular weight excluding hydrogens is 470 g/mol. The Balaban J connectivity index is 1.76. The van der Waals surface area contributed by atoms with E-state index >= 15 is 0 Å². The van der Waals surface area contributed by atoms with Gasteiger partial charge in [-0.1, -0.05) is 12.5 Å². The van der Waals surface area contributed by atoms with Crippen molar-refractivity contribution in [2.45, 2.75) is 30.8 Å². The number of nitrogens with one attached hydrogen (secondary N) is 1. The predicted octanol–water partition coefficient (Wildman–Crippen LogP) is 4.13. The number of sulfonamides is 1. The summed E-state index contributed by atoms with van der Waals surface area (Å²) in [7, 11) is -1.08. The van der Waals surface area contributed by atoms with E-state index in [1.807, 2.05) is 0 Å². The third-order valence-electron chi connectivity index (χ3n) is 5.19. The third-order valence-corrected chi connectivity index (χ3v) is 7.11. The third kappa shape index (κ3) is 6.23. The molecule has 1 aliphatic heterocycles. The summed E-state index contributed by atoms with van der Waals surface area (Å²) < 4.78 is 67.2. The Morgan fingerprint density at radius 3 is 2.32 bits per heavy atom. The van der Waals surface area contributed by atoms with Gasteiger partial charge in [-0.05, 0) is 54.8 Å². The summed E-state index contributed by atoms with van der Waals surface area (Å²) >= 11 is 0. The molecular formula is C23H26F2N2O6S. The number of hydrogen-bond acceptors (Lipinski definition) is 6. The first-order chi connectivity index (χ1) is 16.2. The first-order valence-electron chi connectivity index (χ1n) is 10.5. The molecule has 0 aliphatic carbocycles. The van der Waals surface area contributed by atoms with Gasteiger partial charge in [-0.25, -0.2) is 8.42 Å². The molecule has 1 fully saturated rings. The summed E-state index contributed by atoms with van der Waals surface area (Å²) in [4.78, 5) is 12.4. The maximum absolute atomic E-state index is 13.1. The SMILES string of the molecule is COc1cc(C=CC(=O)Nc2ccc(OC)c(S(=O)(=O)N3CCCCC3)c2)ccc1OC(F)F. The van der Waals surface area contributed by atoms with Gasteiger partial charge >= 0.3 is 6.61 Å². The fraction of sp³-hybridized carbons (Fsp3) is 0.348. The molecule has 8 nitrogen and oxygen atoms in total. The van der Waals surface area contributed by atoms with Crippen LogP contribution in [0.1, 0.15) is 24.8 Å². The Kier molecular flexibility index (Phi) is 8.46. The highest BCUT2D eigenvalue weighted by Crippen LogP contribution is 2.32. The summed E-state index contributed by atoms with van der Waals surface area (Å²) in [5, 5.41) is 2.63. The van der Waals surface area contributed by atoms with Crippen LogP contribution in [0, 0.1) is 0 Å². The van der Waals surface area contributed by atoms with Gasteiger partial charge in [0.05, 0.1) is 14.2 Å². The molecule has 0 aromatic heterocycles.